The number of aliphatic imine (C=N–C) groups is 1. The summed E-state index contributed by atoms with van der Waals surface area (Å²) in [7, 11) is 1.65. The van der Waals surface area contributed by atoms with Crippen molar-refractivity contribution in [2.24, 2.45) is 10.9 Å². The van der Waals surface area contributed by atoms with Crippen molar-refractivity contribution in [3.8, 4) is 5.75 Å². The molecule has 2 aliphatic rings. The minimum atomic E-state index is -0.175. The number of carbonyl (C=O) groups is 1. The van der Waals surface area contributed by atoms with E-state index in [1.165, 1.54) is 0 Å². The third kappa shape index (κ3) is 3.19. The Morgan fingerprint density at radius 2 is 2.00 bits per heavy atom. The summed E-state index contributed by atoms with van der Waals surface area (Å²) in [6.45, 7) is 0. The molecule has 5 heteroatoms. The van der Waals surface area contributed by atoms with Crippen LogP contribution in [-0.4, -0.2) is 24.9 Å². The second kappa shape index (κ2) is 6.47. The van der Waals surface area contributed by atoms with Gasteiger partial charge in [0, 0.05) is 36.5 Å². The molecule has 1 unspecified atom stereocenters. The van der Waals surface area contributed by atoms with Crippen molar-refractivity contribution in [3.05, 3.63) is 54.4 Å². The predicted octanol–water partition coefficient (Wildman–Crippen LogP) is 1.77. The molecule has 114 valence electrons. The van der Waals surface area contributed by atoms with Crippen LogP contribution in [0.1, 0.15) is 12.0 Å². The van der Waals surface area contributed by atoms with Crippen molar-refractivity contribution >= 4 is 11.6 Å². The van der Waals surface area contributed by atoms with Crippen molar-refractivity contribution in [2.75, 3.05) is 7.11 Å². The monoisotopic (exact) mass is 297 g/mol. The first kappa shape index (κ1) is 14.4. The molecule has 22 heavy (non-hydrogen) atoms. The summed E-state index contributed by atoms with van der Waals surface area (Å²) in [5, 5.41) is 6.30. The number of para-hydroxylation sites is 1. The summed E-state index contributed by atoms with van der Waals surface area (Å²) in [4.78, 5) is 16.4. The van der Waals surface area contributed by atoms with Crippen LogP contribution >= 0.6 is 0 Å². The van der Waals surface area contributed by atoms with Crippen LogP contribution in [0.25, 0.3) is 0 Å². The second-order valence-electron chi connectivity index (χ2n) is 5.35. The topological polar surface area (TPSA) is 62.7 Å². The maximum atomic E-state index is 12.2. The van der Waals surface area contributed by atoms with Gasteiger partial charge in [0.15, 0.2) is 0 Å². The Morgan fingerprint density at radius 3 is 2.73 bits per heavy atom. The molecular formula is C17H19N3O2. The van der Waals surface area contributed by atoms with Gasteiger partial charge >= 0.3 is 0 Å². The molecule has 0 aromatic heterocycles. The SMILES string of the molecule is COc1ccccc1CC1=NC(=O)C(CC2NC=CN2)C=C1. The maximum Gasteiger partial charge on any atom is 0.252 e. The maximum absolute atomic E-state index is 12.2. The minimum absolute atomic E-state index is 0.0807. The number of methoxy groups -OCH3 is 1. The van der Waals surface area contributed by atoms with E-state index in [4.69, 9.17) is 4.74 Å². The van der Waals surface area contributed by atoms with Gasteiger partial charge in [-0.1, -0.05) is 24.3 Å². The van der Waals surface area contributed by atoms with Crippen LogP contribution in [-0.2, 0) is 11.2 Å². The molecule has 0 bridgehead atoms. The standard InChI is InChI=1S/C17H19N3O2/c1-22-15-5-3-2-4-12(15)10-14-7-6-13(17(21)20-14)11-16-18-8-9-19-16/h2-9,13,16,18-19H,10-11H2,1H3. The predicted molar refractivity (Wildman–Crippen MR) is 85.6 cm³/mol. The van der Waals surface area contributed by atoms with E-state index in [-0.39, 0.29) is 18.0 Å². The van der Waals surface area contributed by atoms with Crippen LogP contribution in [0.15, 0.2) is 53.8 Å². The van der Waals surface area contributed by atoms with Gasteiger partial charge in [-0.15, -0.1) is 0 Å². The number of nitrogens with zero attached hydrogens (tertiary/aromatic N) is 1. The van der Waals surface area contributed by atoms with Gasteiger partial charge in [0.05, 0.1) is 19.2 Å². The highest BCUT2D eigenvalue weighted by Crippen LogP contribution is 2.21. The highest BCUT2D eigenvalue weighted by atomic mass is 16.5. The first-order valence-electron chi connectivity index (χ1n) is 7.35. The fourth-order valence-electron chi connectivity index (χ4n) is 2.66. The Labute approximate surface area is 129 Å². The van der Waals surface area contributed by atoms with Crippen LogP contribution in [0.2, 0.25) is 0 Å². The molecule has 1 aromatic rings. The van der Waals surface area contributed by atoms with E-state index in [0.717, 1.165) is 17.0 Å². The lowest BCUT2D eigenvalue weighted by Gasteiger charge is -2.19. The van der Waals surface area contributed by atoms with Crippen molar-refractivity contribution in [3.63, 3.8) is 0 Å². The Bertz CT molecular complexity index is 641. The molecule has 1 aromatic carbocycles. The molecule has 3 rings (SSSR count). The molecule has 2 heterocycles. The quantitative estimate of drug-likeness (QED) is 0.869. The second-order valence-corrected chi connectivity index (χ2v) is 5.35. The van der Waals surface area contributed by atoms with Gasteiger partial charge in [0.25, 0.3) is 5.91 Å². The van der Waals surface area contributed by atoms with E-state index in [1.54, 1.807) is 7.11 Å². The fraction of sp³-hybridized carbons (Fsp3) is 0.294. The van der Waals surface area contributed by atoms with E-state index in [0.29, 0.717) is 12.8 Å². The lowest BCUT2D eigenvalue weighted by molar-refractivity contribution is -0.120. The van der Waals surface area contributed by atoms with Crippen LogP contribution in [0.5, 0.6) is 5.75 Å². The van der Waals surface area contributed by atoms with Crippen molar-refractivity contribution in [1.29, 1.82) is 0 Å². The number of dihydropyridines is 1. The van der Waals surface area contributed by atoms with Gasteiger partial charge in [-0.2, -0.15) is 0 Å². The molecule has 0 fully saturated rings. The normalized spacial score (nSPS) is 20.5. The molecule has 2 N–H and O–H groups in total. The number of allylic oxidation sites excluding steroid dienone is 1. The lowest BCUT2D eigenvalue weighted by Crippen LogP contribution is -2.35. The molecule has 0 radical (unpaired) electrons. The largest absolute Gasteiger partial charge is 0.496 e. The summed E-state index contributed by atoms with van der Waals surface area (Å²) >= 11 is 0. The summed E-state index contributed by atoms with van der Waals surface area (Å²) in [6, 6.07) is 7.79. The van der Waals surface area contributed by atoms with Gasteiger partial charge in [0.2, 0.25) is 0 Å². The number of rotatable bonds is 5. The molecule has 5 nitrogen and oxygen atoms in total. The zero-order valence-corrected chi connectivity index (χ0v) is 12.5. The number of hydrogen-bond acceptors (Lipinski definition) is 4. The third-order valence-corrected chi connectivity index (χ3v) is 3.82. The summed E-state index contributed by atoms with van der Waals surface area (Å²) < 4.78 is 5.34. The Hall–Kier alpha value is -2.56. The molecule has 0 saturated carbocycles. The number of carbonyl (C=O) groups excluding carboxylic acids is 1. The first-order chi connectivity index (χ1) is 10.8. The van der Waals surface area contributed by atoms with E-state index in [1.807, 2.05) is 48.8 Å². The van der Waals surface area contributed by atoms with Gasteiger partial charge in [-0.3, -0.25) is 4.79 Å². The fourth-order valence-corrected chi connectivity index (χ4v) is 2.66. The van der Waals surface area contributed by atoms with E-state index < -0.39 is 0 Å². The minimum Gasteiger partial charge on any atom is -0.496 e. The van der Waals surface area contributed by atoms with Crippen LogP contribution < -0.4 is 15.4 Å². The van der Waals surface area contributed by atoms with E-state index in [2.05, 4.69) is 15.6 Å². The van der Waals surface area contributed by atoms with Crippen molar-refractivity contribution < 1.29 is 9.53 Å². The molecule has 1 amide bonds. The summed E-state index contributed by atoms with van der Waals surface area (Å²) in [6.07, 6.45) is 8.97. The summed E-state index contributed by atoms with van der Waals surface area (Å²) in [5.74, 6) is 0.563. The number of benzene rings is 1. The molecule has 0 spiro atoms. The van der Waals surface area contributed by atoms with Crippen LogP contribution in [0, 0.1) is 5.92 Å². The highest BCUT2D eigenvalue weighted by Gasteiger charge is 2.23. The van der Waals surface area contributed by atoms with Crippen molar-refractivity contribution in [2.45, 2.75) is 19.0 Å². The Morgan fingerprint density at radius 1 is 1.23 bits per heavy atom. The lowest BCUT2D eigenvalue weighted by atomic mass is 9.97. The number of amides is 1. The third-order valence-electron chi connectivity index (χ3n) is 3.82. The molecule has 0 aliphatic carbocycles. The smallest absolute Gasteiger partial charge is 0.252 e. The molecule has 1 atom stereocenters. The number of ether oxygens (including phenoxy) is 1. The first-order valence-corrected chi connectivity index (χ1v) is 7.35. The zero-order chi connectivity index (χ0) is 15.4. The molecular weight excluding hydrogens is 278 g/mol. The van der Waals surface area contributed by atoms with Gasteiger partial charge in [-0.25, -0.2) is 4.99 Å². The average Bonchev–Trinajstić information content (AvgIpc) is 3.04. The highest BCUT2D eigenvalue weighted by molar-refractivity contribution is 6.07. The average molecular weight is 297 g/mol. The van der Waals surface area contributed by atoms with Gasteiger partial charge in [0.1, 0.15) is 5.75 Å². The summed E-state index contributed by atoms with van der Waals surface area (Å²) in [5.41, 5.74) is 1.80. The number of nitrogens with one attached hydrogen (secondary N) is 2. The molecule has 0 saturated heterocycles. The molecule has 2 aliphatic heterocycles. The Balaban J connectivity index is 1.65. The van der Waals surface area contributed by atoms with Crippen LogP contribution in [0.3, 0.4) is 0 Å². The number of hydrogen-bond donors (Lipinski definition) is 2. The van der Waals surface area contributed by atoms with Gasteiger partial charge < -0.3 is 15.4 Å². The zero-order valence-electron chi connectivity index (χ0n) is 12.5. The van der Waals surface area contributed by atoms with E-state index in [9.17, 15) is 4.79 Å². The van der Waals surface area contributed by atoms with Crippen molar-refractivity contribution in [1.82, 2.24) is 10.6 Å². The van der Waals surface area contributed by atoms with E-state index >= 15 is 0 Å². The van der Waals surface area contributed by atoms with Gasteiger partial charge in [-0.05, 0) is 12.1 Å². The Kier molecular flexibility index (Phi) is 4.23. The van der Waals surface area contributed by atoms with Crippen LogP contribution in [0.4, 0.5) is 0 Å².